The monoisotopic (exact) mass is 269 g/mol. The van der Waals surface area contributed by atoms with Crippen molar-refractivity contribution < 1.29 is 0 Å². The van der Waals surface area contributed by atoms with E-state index < -0.39 is 0 Å². The van der Waals surface area contributed by atoms with Gasteiger partial charge in [-0.05, 0) is 13.0 Å². The molecule has 1 fully saturated rings. The van der Waals surface area contributed by atoms with E-state index in [-0.39, 0.29) is 0 Å². The fraction of sp³-hybridized carbons (Fsp3) is 0.833. The first-order valence-electron chi connectivity index (χ1n) is 6.60. The van der Waals surface area contributed by atoms with Crippen LogP contribution in [0.3, 0.4) is 0 Å². The lowest BCUT2D eigenvalue weighted by Crippen LogP contribution is -2.52. The van der Waals surface area contributed by atoms with E-state index in [4.69, 9.17) is 0 Å². The number of aromatic nitrogens is 2. The Hall–Kier alpha value is -0.720. The predicted molar refractivity (Wildman–Crippen MR) is 76.1 cm³/mol. The summed E-state index contributed by atoms with van der Waals surface area (Å²) in [7, 11) is 2.20. The lowest BCUT2D eigenvalue weighted by atomic mass is 10.0. The second-order valence-electron chi connectivity index (χ2n) is 5.28. The van der Waals surface area contributed by atoms with Gasteiger partial charge in [0.25, 0.3) is 0 Å². The highest BCUT2D eigenvalue weighted by molar-refractivity contribution is 7.09. The molecule has 18 heavy (non-hydrogen) atoms. The number of nitrogens with zero attached hydrogens (tertiary/aromatic N) is 4. The number of rotatable bonds is 5. The smallest absolute Gasteiger partial charge is 0.202 e. The molecule has 1 aliphatic heterocycles. The summed E-state index contributed by atoms with van der Waals surface area (Å²) in [4.78, 5) is 9.17. The lowest BCUT2D eigenvalue weighted by Gasteiger charge is -2.39. The Bertz CT molecular complexity index is 332. The summed E-state index contributed by atoms with van der Waals surface area (Å²) in [5.41, 5.74) is 0. The van der Waals surface area contributed by atoms with Crippen LogP contribution < -0.4 is 5.32 Å². The molecule has 0 bridgehead atoms. The van der Waals surface area contributed by atoms with Gasteiger partial charge in [-0.25, -0.2) is 4.98 Å². The zero-order valence-electron chi connectivity index (χ0n) is 11.5. The molecule has 0 aliphatic carbocycles. The average Bonchev–Trinajstić information content (AvgIpc) is 2.84. The Labute approximate surface area is 113 Å². The van der Waals surface area contributed by atoms with Crippen LogP contribution in [-0.4, -0.2) is 65.0 Å². The molecule has 0 spiro atoms. The fourth-order valence-electron chi connectivity index (χ4n) is 2.38. The molecule has 0 amide bonds. The van der Waals surface area contributed by atoms with Gasteiger partial charge in [0.15, 0.2) is 0 Å². The molecule has 1 atom stereocenters. The highest BCUT2D eigenvalue weighted by atomic mass is 32.1. The van der Waals surface area contributed by atoms with E-state index >= 15 is 0 Å². The molecule has 0 saturated carbocycles. The van der Waals surface area contributed by atoms with Crippen molar-refractivity contribution in [1.82, 2.24) is 19.2 Å². The molecule has 1 aromatic heterocycles. The van der Waals surface area contributed by atoms with Gasteiger partial charge in [-0.1, -0.05) is 13.8 Å². The van der Waals surface area contributed by atoms with Crippen LogP contribution in [0, 0.1) is 5.92 Å². The molecule has 1 saturated heterocycles. The van der Waals surface area contributed by atoms with Gasteiger partial charge in [0.05, 0.1) is 0 Å². The maximum Gasteiger partial charge on any atom is 0.202 e. The molecule has 1 unspecified atom stereocenters. The summed E-state index contributed by atoms with van der Waals surface area (Å²) in [6.07, 6.45) is 1.60. The molecule has 2 rings (SSSR count). The summed E-state index contributed by atoms with van der Waals surface area (Å²) in [6.45, 7) is 10.2. The Morgan fingerprint density at radius 2 is 2.06 bits per heavy atom. The number of nitrogens with one attached hydrogen (secondary N) is 1. The van der Waals surface area contributed by atoms with Gasteiger partial charge < -0.3 is 10.2 Å². The zero-order valence-corrected chi connectivity index (χ0v) is 12.3. The maximum absolute atomic E-state index is 4.17. The van der Waals surface area contributed by atoms with Crippen molar-refractivity contribution in [2.45, 2.75) is 19.9 Å². The van der Waals surface area contributed by atoms with Crippen LogP contribution in [0.4, 0.5) is 5.13 Å². The molecule has 1 N–H and O–H groups in total. The van der Waals surface area contributed by atoms with E-state index in [1.165, 1.54) is 24.6 Å². The largest absolute Gasteiger partial charge is 0.359 e. The summed E-state index contributed by atoms with van der Waals surface area (Å²) >= 11 is 1.42. The van der Waals surface area contributed by atoms with E-state index in [2.05, 4.69) is 45.4 Å². The molecule has 102 valence electrons. The summed E-state index contributed by atoms with van der Waals surface area (Å²) in [6, 6.07) is 0.572. The van der Waals surface area contributed by atoms with E-state index in [9.17, 15) is 0 Å². The highest BCUT2D eigenvalue weighted by Crippen LogP contribution is 2.15. The molecular weight excluding hydrogens is 246 g/mol. The van der Waals surface area contributed by atoms with Crippen LogP contribution in [-0.2, 0) is 0 Å². The van der Waals surface area contributed by atoms with Gasteiger partial charge in [-0.2, -0.15) is 4.37 Å². The van der Waals surface area contributed by atoms with Crippen molar-refractivity contribution in [2.75, 3.05) is 45.1 Å². The first-order chi connectivity index (χ1) is 8.66. The number of hydrogen-bond acceptors (Lipinski definition) is 6. The number of anilines is 1. The quantitative estimate of drug-likeness (QED) is 0.871. The number of piperazine rings is 1. The Morgan fingerprint density at radius 3 is 2.61 bits per heavy atom. The van der Waals surface area contributed by atoms with Gasteiger partial charge in [-0.15, -0.1) is 0 Å². The Kier molecular flexibility index (Phi) is 4.91. The minimum atomic E-state index is 0.572. The molecule has 2 heterocycles. The van der Waals surface area contributed by atoms with Gasteiger partial charge in [0, 0.05) is 50.3 Å². The summed E-state index contributed by atoms with van der Waals surface area (Å²) in [5, 5.41) is 4.33. The molecular formula is C12H23N5S. The molecule has 5 nitrogen and oxygen atoms in total. The van der Waals surface area contributed by atoms with Crippen molar-refractivity contribution in [3.8, 4) is 0 Å². The normalized spacial score (nSPS) is 20.2. The summed E-state index contributed by atoms with van der Waals surface area (Å²) < 4.78 is 4.02. The summed E-state index contributed by atoms with van der Waals surface area (Å²) in [5.74, 6) is 0.647. The number of hydrogen-bond donors (Lipinski definition) is 1. The highest BCUT2D eigenvalue weighted by Gasteiger charge is 2.24. The van der Waals surface area contributed by atoms with Crippen LogP contribution in [0.2, 0.25) is 0 Å². The second kappa shape index (κ2) is 6.45. The molecule has 0 radical (unpaired) electrons. The molecule has 6 heteroatoms. The van der Waals surface area contributed by atoms with E-state index in [0.717, 1.165) is 24.8 Å². The molecule has 0 aromatic carbocycles. The average molecular weight is 269 g/mol. The van der Waals surface area contributed by atoms with Gasteiger partial charge in [-0.3, -0.25) is 4.90 Å². The van der Waals surface area contributed by atoms with Crippen molar-refractivity contribution in [3.63, 3.8) is 0 Å². The third-order valence-electron chi connectivity index (χ3n) is 3.60. The number of likely N-dealkylation sites (N-methyl/N-ethyl adjacent to an activating group) is 1. The van der Waals surface area contributed by atoms with Crippen molar-refractivity contribution in [1.29, 1.82) is 0 Å². The SMILES string of the molecule is CC(C)C(CNc1ncns1)N1CCN(C)CC1. The van der Waals surface area contributed by atoms with E-state index in [0.29, 0.717) is 12.0 Å². The minimum Gasteiger partial charge on any atom is -0.359 e. The van der Waals surface area contributed by atoms with Gasteiger partial charge in [0.2, 0.25) is 5.13 Å². The molecule has 1 aliphatic rings. The zero-order chi connectivity index (χ0) is 13.0. The Balaban J connectivity index is 1.87. The van der Waals surface area contributed by atoms with E-state index in [1.807, 2.05) is 0 Å². The first kappa shape index (κ1) is 13.7. The molecule has 1 aromatic rings. The Morgan fingerprint density at radius 1 is 1.33 bits per heavy atom. The van der Waals surface area contributed by atoms with Crippen LogP contribution in [0.5, 0.6) is 0 Å². The van der Waals surface area contributed by atoms with Crippen molar-refractivity contribution >= 4 is 16.7 Å². The topological polar surface area (TPSA) is 44.3 Å². The lowest BCUT2D eigenvalue weighted by molar-refractivity contribution is 0.0944. The third kappa shape index (κ3) is 3.63. The van der Waals surface area contributed by atoms with Gasteiger partial charge >= 0.3 is 0 Å². The van der Waals surface area contributed by atoms with Crippen molar-refractivity contribution in [2.24, 2.45) is 5.92 Å². The van der Waals surface area contributed by atoms with Crippen LogP contribution >= 0.6 is 11.5 Å². The minimum absolute atomic E-state index is 0.572. The fourth-order valence-corrected chi connectivity index (χ4v) is 2.82. The first-order valence-corrected chi connectivity index (χ1v) is 7.37. The van der Waals surface area contributed by atoms with Gasteiger partial charge in [0.1, 0.15) is 6.33 Å². The second-order valence-corrected chi connectivity index (χ2v) is 6.06. The predicted octanol–water partition coefficient (Wildman–Crippen LogP) is 1.22. The van der Waals surface area contributed by atoms with Crippen LogP contribution in [0.25, 0.3) is 0 Å². The van der Waals surface area contributed by atoms with E-state index in [1.54, 1.807) is 6.33 Å². The van der Waals surface area contributed by atoms with Crippen LogP contribution in [0.15, 0.2) is 6.33 Å². The van der Waals surface area contributed by atoms with Crippen molar-refractivity contribution in [3.05, 3.63) is 6.33 Å². The standard InChI is InChI=1S/C12H23N5S/c1-10(2)11(8-13-12-14-9-15-18-12)17-6-4-16(3)5-7-17/h9-11H,4-8H2,1-3H3,(H,13,14,15). The van der Waals surface area contributed by atoms with Crippen LogP contribution in [0.1, 0.15) is 13.8 Å². The maximum atomic E-state index is 4.17. The third-order valence-corrected chi connectivity index (χ3v) is 4.22.